The van der Waals surface area contributed by atoms with Crippen molar-refractivity contribution in [3.63, 3.8) is 0 Å². The third kappa shape index (κ3) is 1.70. The Morgan fingerprint density at radius 3 is 2.85 bits per heavy atom. The van der Waals surface area contributed by atoms with Crippen LogP contribution in [-0.2, 0) is 4.74 Å². The molecule has 0 amide bonds. The predicted octanol–water partition coefficient (Wildman–Crippen LogP) is -2.69. The van der Waals surface area contributed by atoms with Crippen LogP contribution in [0.5, 0.6) is 0 Å². The number of nitrogens with zero attached hydrogens (tertiary/aromatic N) is 3. The largest absolute Gasteiger partial charge is 0.394 e. The van der Waals surface area contributed by atoms with Gasteiger partial charge in [-0.15, -0.1) is 0 Å². The molecule has 10 heteroatoms. The minimum absolute atomic E-state index is 0.0388. The average molecular weight is 283 g/mol. The number of hydrogen-bond donors (Lipinski definition) is 5. The highest BCUT2D eigenvalue weighted by atomic mass is 16.6. The molecule has 4 atom stereocenters. The maximum atomic E-state index is 12.3. The second-order valence-electron chi connectivity index (χ2n) is 4.47. The Morgan fingerprint density at radius 2 is 2.20 bits per heavy atom. The van der Waals surface area contributed by atoms with Crippen LogP contribution >= 0.6 is 0 Å². The number of ether oxygens (including phenoxy) is 1. The van der Waals surface area contributed by atoms with Crippen molar-refractivity contribution in [2.45, 2.75) is 24.5 Å². The number of aromatic amines is 1. The zero-order valence-electron chi connectivity index (χ0n) is 10.2. The molecule has 0 aromatic carbocycles. The lowest BCUT2D eigenvalue weighted by Crippen LogP contribution is -2.36. The first-order chi connectivity index (χ1) is 9.54. The first-order valence-corrected chi connectivity index (χ1v) is 5.88. The second-order valence-corrected chi connectivity index (χ2v) is 4.47. The van der Waals surface area contributed by atoms with Gasteiger partial charge in [-0.2, -0.15) is 4.98 Å². The third-order valence-electron chi connectivity index (χ3n) is 3.29. The van der Waals surface area contributed by atoms with E-state index in [0.717, 1.165) is 4.57 Å². The Morgan fingerprint density at radius 1 is 1.45 bits per heavy atom. The highest BCUT2D eigenvalue weighted by molar-refractivity contribution is 5.69. The molecule has 20 heavy (non-hydrogen) atoms. The van der Waals surface area contributed by atoms with Crippen LogP contribution in [0.2, 0.25) is 0 Å². The van der Waals surface area contributed by atoms with Crippen molar-refractivity contribution in [1.82, 2.24) is 19.5 Å². The zero-order valence-corrected chi connectivity index (χ0v) is 10.2. The Kier molecular flexibility index (Phi) is 2.94. The van der Waals surface area contributed by atoms with E-state index >= 15 is 0 Å². The molecule has 108 valence electrons. The topological polar surface area (TPSA) is 160 Å². The van der Waals surface area contributed by atoms with E-state index in [1.165, 1.54) is 6.33 Å². The fourth-order valence-electron chi connectivity index (χ4n) is 2.25. The van der Waals surface area contributed by atoms with Gasteiger partial charge in [0.15, 0.2) is 17.4 Å². The molecular formula is C10H13N5O5. The molecule has 10 nitrogen and oxygen atoms in total. The number of H-pyrrole nitrogens is 1. The SMILES string of the molecule is Nc1nc2[nH]cnc2c(=O)n1[C@@H]1O[C@H](CO)[C@H](O)[C@@H]1O. The molecule has 0 unspecified atom stereocenters. The van der Waals surface area contributed by atoms with Crippen molar-refractivity contribution < 1.29 is 20.1 Å². The quantitative estimate of drug-likeness (QED) is 0.398. The van der Waals surface area contributed by atoms with E-state index in [1.807, 2.05) is 0 Å². The summed E-state index contributed by atoms with van der Waals surface area (Å²) in [5, 5.41) is 28.7. The van der Waals surface area contributed by atoms with Gasteiger partial charge in [0.2, 0.25) is 5.95 Å². The molecule has 6 N–H and O–H groups in total. The van der Waals surface area contributed by atoms with E-state index in [2.05, 4.69) is 15.0 Å². The van der Waals surface area contributed by atoms with Gasteiger partial charge < -0.3 is 30.8 Å². The summed E-state index contributed by atoms with van der Waals surface area (Å²) in [5.74, 6) is -0.193. The van der Waals surface area contributed by atoms with Crippen LogP contribution in [0.4, 0.5) is 5.95 Å². The highest BCUT2D eigenvalue weighted by Crippen LogP contribution is 2.29. The maximum Gasteiger partial charge on any atom is 0.285 e. The molecule has 1 fully saturated rings. The summed E-state index contributed by atoms with van der Waals surface area (Å²) >= 11 is 0. The molecule has 2 aromatic rings. The van der Waals surface area contributed by atoms with Gasteiger partial charge in [0.05, 0.1) is 12.9 Å². The third-order valence-corrected chi connectivity index (χ3v) is 3.29. The Balaban J connectivity index is 2.13. The molecule has 3 rings (SSSR count). The van der Waals surface area contributed by atoms with E-state index in [1.54, 1.807) is 0 Å². The number of nitrogens with one attached hydrogen (secondary N) is 1. The van der Waals surface area contributed by atoms with Gasteiger partial charge in [0.1, 0.15) is 18.3 Å². The van der Waals surface area contributed by atoms with Crippen molar-refractivity contribution in [1.29, 1.82) is 0 Å². The van der Waals surface area contributed by atoms with Gasteiger partial charge in [0, 0.05) is 0 Å². The van der Waals surface area contributed by atoms with Crippen molar-refractivity contribution in [3.05, 3.63) is 16.7 Å². The number of rotatable bonds is 2. The average Bonchev–Trinajstić information content (AvgIpc) is 2.98. The van der Waals surface area contributed by atoms with Crippen LogP contribution in [0.25, 0.3) is 11.2 Å². The maximum absolute atomic E-state index is 12.3. The fraction of sp³-hybridized carbons (Fsp3) is 0.500. The van der Waals surface area contributed by atoms with E-state index in [4.69, 9.17) is 15.6 Å². The van der Waals surface area contributed by atoms with Crippen LogP contribution in [-0.4, -0.2) is 59.8 Å². The number of nitrogen functional groups attached to an aromatic ring is 1. The summed E-state index contributed by atoms with van der Waals surface area (Å²) in [5.41, 5.74) is 5.34. The minimum Gasteiger partial charge on any atom is -0.394 e. The molecule has 1 aliphatic rings. The zero-order chi connectivity index (χ0) is 14.4. The summed E-state index contributed by atoms with van der Waals surface area (Å²) in [6.45, 7) is -0.499. The van der Waals surface area contributed by atoms with Gasteiger partial charge in [-0.3, -0.25) is 4.79 Å². The van der Waals surface area contributed by atoms with Gasteiger partial charge in [0.25, 0.3) is 5.56 Å². The Bertz CT molecular complexity index is 697. The van der Waals surface area contributed by atoms with Crippen LogP contribution < -0.4 is 11.3 Å². The predicted molar refractivity (Wildman–Crippen MR) is 65.6 cm³/mol. The van der Waals surface area contributed by atoms with Crippen LogP contribution in [0.3, 0.4) is 0 Å². The number of aliphatic hydroxyl groups excluding tert-OH is 3. The monoisotopic (exact) mass is 283 g/mol. The molecule has 0 saturated carbocycles. The highest BCUT2D eigenvalue weighted by Gasteiger charge is 2.44. The first kappa shape index (κ1) is 13.0. The molecule has 1 saturated heterocycles. The number of aliphatic hydroxyl groups is 3. The van der Waals surface area contributed by atoms with Crippen molar-refractivity contribution in [3.8, 4) is 0 Å². The van der Waals surface area contributed by atoms with E-state index in [-0.39, 0.29) is 17.1 Å². The Labute approximate surface area is 111 Å². The number of aromatic nitrogens is 4. The van der Waals surface area contributed by atoms with Crippen LogP contribution in [0.1, 0.15) is 6.23 Å². The summed E-state index contributed by atoms with van der Waals surface area (Å²) in [4.78, 5) is 22.7. The van der Waals surface area contributed by atoms with Crippen molar-refractivity contribution in [2.75, 3.05) is 12.3 Å². The number of nitrogens with two attached hydrogens (primary N) is 1. The number of fused-ring (bicyclic) bond motifs is 1. The van der Waals surface area contributed by atoms with E-state index < -0.39 is 36.7 Å². The number of imidazole rings is 1. The molecule has 0 bridgehead atoms. The van der Waals surface area contributed by atoms with E-state index in [9.17, 15) is 15.0 Å². The molecule has 1 aliphatic heterocycles. The van der Waals surface area contributed by atoms with E-state index in [0.29, 0.717) is 0 Å². The normalized spacial score (nSPS) is 30.1. The van der Waals surface area contributed by atoms with Crippen LogP contribution in [0.15, 0.2) is 11.1 Å². The minimum atomic E-state index is -1.41. The lowest BCUT2D eigenvalue weighted by molar-refractivity contribution is -0.0534. The molecule has 3 heterocycles. The van der Waals surface area contributed by atoms with Gasteiger partial charge in [-0.1, -0.05) is 0 Å². The van der Waals surface area contributed by atoms with Gasteiger partial charge in [-0.25, -0.2) is 9.55 Å². The standard InChI is InChI=1S/C10H13N5O5/c11-10-14-7-4(12-2-13-7)8(19)15(10)9-6(18)5(17)3(1-16)20-9/h2-3,5-6,9,16-18H,1H2,(H2,11,14)(H,12,13)/t3-,5+,6+,9-/m1/s1. The summed E-state index contributed by atoms with van der Waals surface area (Å²) in [6.07, 6.45) is -3.68. The van der Waals surface area contributed by atoms with Crippen molar-refractivity contribution >= 4 is 17.1 Å². The molecule has 2 aromatic heterocycles. The van der Waals surface area contributed by atoms with Crippen molar-refractivity contribution in [2.24, 2.45) is 0 Å². The fourth-order valence-corrected chi connectivity index (χ4v) is 2.25. The van der Waals surface area contributed by atoms with Gasteiger partial charge in [-0.05, 0) is 0 Å². The molecular weight excluding hydrogens is 270 g/mol. The molecule has 0 aliphatic carbocycles. The lowest BCUT2D eigenvalue weighted by Gasteiger charge is -2.18. The molecule has 0 spiro atoms. The smallest absolute Gasteiger partial charge is 0.285 e. The number of hydrogen-bond acceptors (Lipinski definition) is 8. The second kappa shape index (κ2) is 4.52. The first-order valence-electron chi connectivity index (χ1n) is 5.88. The lowest BCUT2D eigenvalue weighted by atomic mass is 10.1. The molecule has 0 radical (unpaired) electrons. The summed E-state index contributed by atoms with van der Waals surface area (Å²) < 4.78 is 6.17. The summed E-state index contributed by atoms with van der Waals surface area (Å²) in [6, 6.07) is 0. The summed E-state index contributed by atoms with van der Waals surface area (Å²) in [7, 11) is 0. The number of anilines is 1. The Hall–Kier alpha value is -2.01. The van der Waals surface area contributed by atoms with Crippen LogP contribution in [0, 0.1) is 0 Å². The van der Waals surface area contributed by atoms with Gasteiger partial charge >= 0.3 is 0 Å².